The molecule has 0 bridgehead atoms. The van der Waals surface area contributed by atoms with Crippen molar-refractivity contribution in [3.63, 3.8) is 0 Å². The summed E-state index contributed by atoms with van der Waals surface area (Å²) < 4.78 is 13.1. The van der Waals surface area contributed by atoms with Crippen LogP contribution in [0.1, 0.15) is 25.8 Å². The Labute approximate surface area is 263 Å². The number of amides is 2. The van der Waals surface area contributed by atoms with E-state index in [1.807, 2.05) is 36.4 Å². The molecule has 0 saturated heterocycles. The Balaban J connectivity index is 0.00000253. The van der Waals surface area contributed by atoms with Crippen molar-refractivity contribution in [3.05, 3.63) is 83.2 Å². The second-order valence-corrected chi connectivity index (χ2v) is 10.9. The summed E-state index contributed by atoms with van der Waals surface area (Å²) in [6.45, 7) is 6.44. The molecule has 0 unspecified atom stereocenters. The standard InChI is InChI=1S/C31H35N5O5.2ClH/c1-31(2)29(38)33(3)25-7-6-23(20-26(25)34(4)30(31)39)40-18-5-14-35(21-22-8-12-32-13-9-22)16-17-36-15-10-27-24(28(36)37)11-19-41-27;;/h6-13,15,19-20H,5,14,16-18,21H2,1-4H3;2*1H. The molecule has 0 radical (unpaired) electrons. The van der Waals surface area contributed by atoms with Gasteiger partial charge >= 0.3 is 0 Å². The molecule has 1 aliphatic rings. The van der Waals surface area contributed by atoms with E-state index in [4.69, 9.17) is 9.15 Å². The summed E-state index contributed by atoms with van der Waals surface area (Å²) in [5.41, 5.74) is 1.80. The van der Waals surface area contributed by atoms with Crippen LogP contribution in [0.2, 0.25) is 0 Å². The van der Waals surface area contributed by atoms with Crippen molar-refractivity contribution in [2.75, 3.05) is 43.6 Å². The van der Waals surface area contributed by atoms with Crippen LogP contribution in [0.5, 0.6) is 5.75 Å². The molecule has 230 valence electrons. The van der Waals surface area contributed by atoms with Crippen molar-refractivity contribution in [1.82, 2.24) is 14.5 Å². The van der Waals surface area contributed by atoms with Gasteiger partial charge in [0, 0.05) is 64.9 Å². The maximum absolute atomic E-state index is 13.0. The third-order valence-corrected chi connectivity index (χ3v) is 7.64. The average Bonchev–Trinajstić information content (AvgIpc) is 3.46. The summed E-state index contributed by atoms with van der Waals surface area (Å²) in [5.74, 6) is 0.121. The zero-order valence-electron chi connectivity index (χ0n) is 24.7. The van der Waals surface area contributed by atoms with Gasteiger partial charge in [0.15, 0.2) is 0 Å². The number of fused-ring (bicyclic) bond motifs is 2. The fourth-order valence-corrected chi connectivity index (χ4v) is 5.22. The number of hydrogen-bond donors (Lipinski definition) is 0. The van der Waals surface area contributed by atoms with E-state index in [-0.39, 0.29) is 42.2 Å². The molecule has 0 fully saturated rings. The number of hydrogen-bond acceptors (Lipinski definition) is 7. The molecule has 0 saturated carbocycles. The lowest BCUT2D eigenvalue weighted by atomic mass is 9.90. The van der Waals surface area contributed by atoms with Crippen LogP contribution in [-0.2, 0) is 22.7 Å². The Morgan fingerprint density at radius 3 is 2.33 bits per heavy atom. The maximum atomic E-state index is 13.0. The minimum atomic E-state index is -1.16. The molecule has 2 amide bonds. The monoisotopic (exact) mass is 629 g/mol. The number of pyridine rings is 2. The van der Waals surface area contributed by atoms with Crippen LogP contribution in [0, 0.1) is 5.41 Å². The van der Waals surface area contributed by atoms with E-state index in [9.17, 15) is 14.4 Å². The summed E-state index contributed by atoms with van der Waals surface area (Å²) in [6, 6.07) is 13.0. The molecule has 5 rings (SSSR count). The highest BCUT2D eigenvalue weighted by atomic mass is 35.5. The molecular formula is C31H37Cl2N5O5. The Hall–Kier alpha value is -3.86. The highest BCUT2D eigenvalue weighted by Gasteiger charge is 2.44. The van der Waals surface area contributed by atoms with Crippen molar-refractivity contribution in [3.8, 4) is 5.75 Å². The normalized spacial score (nSPS) is 14.3. The van der Waals surface area contributed by atoms with Gasteiger partial charge < -0.3 is 23.5 Å². The van der Waals surface area contributed by atoms with Crippen molar-refractivity contribution < 1.29 is 18.7 Å². The number of carbonyl (C=O) groups excluding carboxylic acids is 2. The van der Waals surface area contributed by atoms with Crippen LogP contribution >= 0.6 is 24.8 Å². The zero-order chi connectivity index (χ0) is 29.1. The molecule has 0 N–H and O–H groups in total. The van der Waals surface area contributed by atoms with Crippen LogP contribution in [0.4, 0.5) is 11.4 Å². The Bertz CT molecular complexity index is 1620. The molecule has 0 atom stereocenters. The first-order valence-electron chi connectivity index (χ1n) is 13.7. The lowest BCUT2D eigenvalue weighted by Gasteiger charge is -2.25. The number of rotatable bonds is 10. The first-order chi connectivity index (χ1) is 19.7. The van der Waals surface area contributed by atoms with E-state index >= 15 is 0 Å². The molecule has 4 heterocycles. The maximum Gasteiger partial charge on any atom is 0.261 e. The van der Waals surface area contributed by atoms with Gasteiger partial charge in [0.05, 0.1) is 29.6 Å². The van der Waals surface area contributed by atoms with E-state index < -0.39 is 5.41 Å². The van der Waals surface area contributed by atoms with Gasteiger partial charge in [-0.2, -0.15) is 0 Å². The van der Waals surface area contributed by atoms with Crippen molar-refractivity contribution in [2.45, 2.75) is 33.4 Å². The van der Waals surface area contributed by atoms with Crippen molar-refractivity contribution in [1.29, 1.82) is 0 Å². The van der Waals surface area contributed by atoms with Crippen LogP contribution in [0.15, 0.2) is 76.5 Å². The van der Waals surface area contributed by atoms with E-state index in [0.29, 0.717) is 54.3 Å². The number of halogens is 2. The van der Waals surface area contributed by atoms with Gasteiger partial charge in [0.2, 0.25) is 11.8 Å². The van der Waals surface area contributed by atoms with Crippen LogP contribution in [-0.4, -0.2) is 60.1 Å². The fourth-order valence-electron chi connectivity index (χ4n) is 5.22. The molecule has 43 heavy (non-hydrogen) atoms. The van der Waals surface area contributed by atoms with Crippen LogP contribution in [0.3, 0.4) is 0 Å². The highest BCUT2D eigenvalue weighted by Crippen LogP contribution is 2.39. The summed E-state index contributed by atoms with van der Waals surface area (Å²) in [7, 11) is 3.38. The topological polar surface area (TPSA) is 101 Å². The van der Waals surface area contributed by atoms with Gasteiger partial charge in [-0.25, -0.2) is 0 Å². The fraction of sp³-hybridized carbons (Fsp3) is 0.355. The number of ether oxygens (including phenoxy) is 1. The predicted molar refractivity (Wildman–Crippen MR) is 172 cm³/mol. The minimum Gasteiger partial charge on any atom is -0.493 e. The van der Waals surface area contributed by atoms with Gasteiger partial charge in [-0.1, -0.05) is 0 Å². The van der Waals surface area contributed by atoms with Gasteiger partial charge in [0.1, 0.15) is 16.7 Å². The summed E-state index contributed by atoms with van der Waals surface area (Å²) in [5, 5.41) is 0.578. The molecule has 12 heteroatoms. The van der Waals surface area contributed by atoms with Crippen LogP contribution < -0.4 is 20.1 Å². The smallest absolute Gasteiger partial charge is 0.261 e. The molecule has 10 nitrogen and oxygen atoms in total. The third kappa shape index (κ3) is 7.04. The Morgan fingerprint density at radius 1 is 0.907 bits per heavy atom. The molecular weight excluding hydrogens is 593 g/mol. The van der Waals surface area contributed by atoms with Crippen molar-refractivity contribution in [2.24, 2.45) is 5.41 Å². The van der Waals surface area contributed by atoms with Gasteiger partial charge in [-0.15, -0.1) is 24.8 Å². The van der Waals surface area contributed by atoms with Crippen LogP contribution in [0.25, 0.3) is 11.0 Å². The number of nitrogens with zero attached hydrogens (tertiary/aromatic N) is 5. The van der Waals surface area contributed by atoms with E-state index in [0.717, 1.165) is 18.5 Å². The molecule has 1 aromatic carbocycles. The van der Waals surface area contributed by atoms with Crippen molar-refractivity contribution >= 4 is 59.0 Å². The van der Waals surface area contributed by atoms with E-state index in [2.05, 4.69) is 9.88 Å². The Kier molecular flexibility index (Phi) is 11.0. The number of aromatic nitrogens is 2. The van der Waals surface area contributed by atoms with Gasteiger partial charge in [-0.05, 0) is 62.2 Å². The largest absolute Gasteiger partial charge is 0.493 e. The van der Waals surface area contributed by atoms with E-state index in [1.165, 1.54) is 16.1 Å². The lowest BCUT2D eigenvalue weighted by molar-refractivity contribution is -0.137. The molecule has 1 aliphatic heterocycles. The summed E-state index contributed by atoms with van der Waals surface area (Å²) in [4.78, 5) is 48.2. The average molecular weight is 631 g/mol. The second kappa shape index (κ2) is 14.1. The first-order valence-corrected chi connectivity index (χ1v) is 13.7. The van der Waals surface area contributed by atoms with E-state index in [1.54, 1.807) is 57.2 Å². The Morgan fingerprint density at radius 2 is 1.60 bits per heavy atom. The molecule has 4 aromatic rings. The summed E-state index contributed by atoms with van der Waals surface area (Å²) in [6.07, 6.45) is 7.61. The highest BCUT2D eigenvalue weighted by molar-refractivity contribution is 6.19. The van der Waals surface area contributed by atoms with Gasteiger partial charge in [-0.3, -0.25) is 24.3 Å². The minimum absolute atomic E-state index is 0. The number of furan rings is 1. The predicted octanol–water partition coefficient (Wildman–Crippen LogP) is 4.77. The number of carbonyl (C=O) groups is 2. The molecule has 3 aromatic heterocycles. The van der Waals surface area contributed by atoms with Gasteiger partial charge in [0.25, 0.3) is 5.56 Å². The first kappa shape index (κ1) is 33.6. The SMILES string of the molecule is CN1C(=O)C(C)(C)C(=O)N(C)c2cc(OCCCN(CCn3ccc4occc4c3=O)Cc3ccncc3)ccc21.Cl.Cl. The summed E-state index contributed by atoms with van der Waals surface area (Å²) >= 11 is 0. The number of benzene rings is 1. The zero-order valence-corrected chi connectivity index (χ0v) is 26.3. The third-order valence-electron chi connectivity index (χ3n) is 7.64. The molecule has 0 aliphatic carbocycles. The molecule has 0 spiro atoms. The lowest BCUT2D eigenvalue weighted by Crippen LogP contribution is -2.46. The number of anilines is 2. The quantitative estimate of drug-likeness (QED) is 0.184. The second-order valence-electron chi connectivity index (χ2n) is 10.9.